The number of anilines is 1. The van der Waals surface area contributed by atoms with Crippen LogP contribution in [0.5, 0.6) is 0 Å². The number of carbonyl (C=O) groups is 1. The van der Waals surface area contributed by atoms with E-state index in [0.717, 1.165) is 68.5 Å². The van der Waals surface area contributed by atoms with Crippen LogP contribution in [0.25, 0.3) is 26.1 Å². The van der Waals surface area contributed by atoms with Crippen molar-refractivity contribution in [3.8, 4) is 5.69 Å². The van der Waals surface area contributed by atoms with Crippen molar-refractivity contribution in [1.82, 2.24) is 14.5 Å². The summed E-state index contributed by atoms with van der Waals surface area (Å²) in [5.74, 6) is -0.0458. The van der Waals surface area contributed by atoms with E-state index in [4.69, 9.17) is 4.98 Å². The molecule has 5 aromatic rings. The highest BCUT2D eigenvalue weighted by molar-refractivity contribution is 7.99. The Bertz CT molecular complexity index is 1730. The van der Waals surface area contributed by atoms with E-state index in [2.05, 4.69) is 22.4 Å². The molecule has 6 nitrogen and oxygen atoms in total. The van der Waals surface area contributed by atoms with Gasteiger partial charge in [0.2, 0.25) is 5.91 Å². The highest BCUT2D eigenvalue weighted by Gasteiger charge is 2.23. The molecule has 0 aliphatic heterocycles. The van der Waals surface area contributed by atoms with E-state index in [1.807, 2.05) is 45.0 Å². The molecule has 6 rings (SSSR count). The van der Waals surface area contributed by atoms with Gasteiger partial charge in [-0.25, -0.2) is 9.97 Å². The Hall–Kier alpha value is -3.01. The summed E-state index contributed by atoms with van der Waals surface area (Å²) in [5.41, 5.74) is 6.10. The molecule has 0 atom stereocenters. The normalized spacial score (nSPS) is 13.3. The number of nitrogens with zero attached hydrogens (tertiary/aromatic N) is 3. The van der Waals surface area contributed by atoms with E-state index in [-0.39, 0.29) is 17.2 Å². The summed E-state index contributed by atoms with van der Waals surface area (Å²) in [6.45, 7) is 6.09. The van der Waals surface area contributed by atoms with Crippen molar-refractivity contribution in [3.05, 3.63) is 73.9 Å². The molecule has 9 heteroatoms. The second kappa shape index (κ2) is 9.70. The number of thiophene rings is 1. The summed E-state index contributed by atoms with van der Waals surface area (Å²) < 4.78 is 2.74. The van der Waals surface area contributed by atoms with Crippen LogP contribution in [0.4, 0.5) is 5.13 Å². The SMILES string of the molecule is Cc1cc(C)cc(-n2c(SCC(=O)Nc3nc4ccc(C)cc4s3)nc3sc4c(c3c2=O)CCCC4)c1. The Morgan fingerprint density at radius 1 is 1.00 bits per heavy atom. The van der Waals surface area contributed by atoms with Gasteiger partial charge in [-0.2, -0.15) is 0 Å². The second-order valence-corrected chi connectivity index (χ2v) is 12.7. The molecule has 1 N–H and O–H groups in total. The van der Waals surface area contributed by atoms with Gasteiger partial charge in [-0.3, -0.25) is 14.2 Å². The van der Waals surface area contributed by atoms with Crippen LogP contribution in [-0.2, 0) is 17.6 Å². The van der Waals surface area contributed by atoms with Crippen molar-refractivity contribution in [1.29, 1.82) is 0 Å². The lowest BCUT2D eigenvalue weighted by Crippen LogP contribution is -2.23. The van der Waals surface area contributed by atoms with Crippen LogP contribution in [0.15, 0.2) is 46.3 Å². The molecular formula is C28H26N4O2S3. The van der Waals surface area contributed by atoms with Gasteiger partial charge in [-0.05, 0) is 93.0 Å². The number of thiazole rings is 1. The van der Waals surface area contributed by atoms with Crippen molar-refractivity contribution in [2.75, 3.05) is 11.1 Å². The number of aryl methyl sites for hydroxylation is 5. The largest absolute Gasteiger partial charge is 0.301 e. The molecule has 3 aromatic heterocycles. The maximum absolute atomic E-state index is 14.0. The second-order valence-electron chi connectivity index (χ2n) is 9.60. The molecule has 3 heterocycles. The lowest BCUT2D eigenvalue weighted by Gasteiger charge is -2.14. The molecule has 0 saturated heterocycles. The number of rotatable bonds is 5. The molecular weight excluding hydrogens is 521 g/mol. The lowest BCUT2D eigenvalue weighted by atomic mass is 9.97. The average molecular weight is 547 g/mol. The first-order valence-corrected chi connectivity index (χ1v) is 14.9. The monoisotopic (exact) mass is 546 g/mol. The van der Waals surface area contributed by atoms with Crippen LogP contribution >= 0.6 is 34.4 Å². The van der Waals surface area contributed by atoms with Gasteiger partial charge in [0.1, 0.15) is 4.83 Å². The minimum atomic E-state index is -0.174. The van der Waals surface area contributed by atoms with E-state index < -0.39 is 0 Å². The third-order valence-electron chi connectivity index (χ3n) is 6.55. The number of amides is 1. The van der Waals surface area contributed by atoms with Crippen LogP contribution in [0, 0.1) is 20.8 Å². The maximum atomic E-state index is 14.0. The smallest absolute Gasteiger partial charge is 0.267 e. The third kappa shape index (κ3) is 4.71. The van der Waals surface area contributed by atoms with E-state index in [0.29, 0.717) is 10.3 Å². The van der Waals surface area contributed by atoms with E-state index in [9.17, 15) is 9.59 Å². The molecule has 0 bridgehead atoms. The molecule has 1 amide bonds. The van der Waals surface area contributed by atoms with E-state index in [1.165, 1.54) is 33.5 Å². The lowest BCUT2D eigenvalue weighted by molar-refractivity contribution is -0.113. The summed E-state index contributed by atoms with van der Waals surface area (Å²) >= 11 is 4.38. The number of aromatic nitrogens is 3. The zero-order chi connectivity index (χ0) is 25.7. The molecule has 0 radical (unpaired) electrons. The highest BCUT2D eigenvalue weighted by Crippen LogP contribution is 2.35. The summed E-state index contributed by atoms with van der Waals surface area (Å²) in [4.78, 5) is 38.4. The Morgan fingerprint density at radius 3 is 2.59 bits per heavy atom. The van der Waals surface area contributed by atoms with Crippen LogP contribution in [0.2, 0.25) is 0 Å². The molecule has 1 aliphatic rings. The van der Waals surface area contributed by atoms with Crippen molar-refractivity contribution < 1.29 is 4.79 Å². The number of thioether (sulfide) groups is 1. The van der Waals surface area contributed by atoms with Gasteiger partial charge in [-0.1, -0.05) is 35.2 Å². The first-order valence-electron chi connectivity index (χ1n) is 12.3. The van der Waals surface area contributed by atoms with Gasteiger partial charge in [-0.15, -0.1) is 11.3 Å². The number of benzene rings is 2. The summed E-state index contributed by atoms with van der Waals surface area (Å²) in [6.07, 6.45) is 4.18. The van der Waals surface area contributed by atoms with Crippen LogP contribution in [0.3, 0.4) is 0 Å². The Balaban J connectivity index is 1.35. The number of hydrogen-bond donors (Lipinski definition) is 1. The molecule has 0 unspecified atom stereocenters. The third-order valence-corrected chi connectivity index (χ3v) is 9.60. The van der Waals surface area contributed by atoms with Crippen molar-refractivity contribution in [2.24, 2.45) is 0 Å². The van der Waals surface area contributed by atoms with Gasteiger partial charge >= 0.3 is 0 Å². The fourth-order valence-corrected chi connectivity index (χ4v) is 8.06. The summed E-state index contributed by atoms with van der Waals surface area (Å²) in [5, 5.41) is 4.79. The molecule has 1 aliphatic carbocycles. The van der Waals surface area contributed by atoms with Crippen molar-refractivity contribution in [2.45, 2.75) is 51.6 Å². The van der Waals surface area contributed by atoms with Gasteiger partial charge in [0, 0.05) is 4.88 Å². The number of nitrogens with one attached hydrogen (secondary N) is 1. The number of carbonyl (C=O) groups excluding carboxylic acids is 1. The van der Waals surface area contributed by atoms with E-state index >= 15 is 0 Å². The number of hydrogen-bond acceptors (Lipinski definition) is 7. The topological polar surface area (TPSA) is 76.9 Å². The Kier molecular flexibility index (Phi) is 6.38. The predicted molar refractivity (Wildman–Crippen MR) is 155 cm³/mol. The van der Waals surface area contributed by atoms with Crippen LogP contribution in [0.1, 0.15) is 40.0 Å². The standard InChI is InChI=1S/C28H26N4O2S3/c1-15-8-9-20-22(13-15)37-27(29-20)30-23(33)14-35-28-31-25-24(19-6-4-5-7-21(19)36-25)26(34)32(28)18-11-16(2)10-17(3)12-18/h8-13H,4-7,14H2,1-3H3,(H,29,30,33). The summed E-state index contributed by atoms with van der Waals surface area (Å²) in [7, 11) is 0. The van der Waals surface area contributed by atoms with Gasteiger partial charge in [0.15, 0.2) is 10.3 Å². The molecule has 0 spiro atoms. The van der Waals surface area contributed by atoms with Crippen molar-refractivity contribution >= 4 is 65.9 Å². The zero-order valence-corrected chi connectivity index (χ0v) is 23.3. The minimum Gasteiger partial charge on any atom is -0.301 e. The first kappa shape index (κ1) is 24.3. The molecule has 188 valence electrons. The van der Waals surface area contributed by atoms with Gasteiger partial charge < -0.3 is 5.32 Å². The molecule has 0 fully saturated rings. The fourth-order valence-electron chi connectivity index (χ4n) is 4.96. The highest BCUT2D eigenvalue weighted by atomic mass is 32.2. The zero-order valence-electron chi connectivity index (χ0n) is 20.9. The van der Waals surface area contributed by atoms with Gasteiger partial charge in [0.25, 0.3) is 5.56 Å². The quantitative estimate of drug-likeness (QED) is 0.199. The van der Waals surface area contributed by atoms with Gasteiger partial charge in [0.05, 0.1) is 27.0 Å². The predicted octanol–water partition coefficient (Wildman–Crippen LogP) is 6.59. The fraction of sp³-hybridized carbons (Fsp3) is 0.286. The molecule has 0 saturated carbocycles. The summed E-state index contributed by atoms with van der Waals surface area (Å²) in [6, 6.07) is 12.2. The number of fused-ring (bicyclic) bond motifs is 4. The Morgan fingerprint density at radius 2 is 1.78 bits per heavy atom. The minimum absolute atomic E-state index is 0.0427. The molecule has 37 heavy (non-hydrogen) atoms. The Labute approximate surface area is 226 Å². The first-order chi connectivity index (χ1) is 17.9. The van der Waals surface area contributed by atoms with E-state index in [1.54, 1.807) is 15.9 Å². The van der Waals surface area contributed by atoms with Crippen LogP contribution in [-0.4, -0.2) is 26.2 Å². The van der Waals surface area contributed by atoms with Crippen molar-refractivity contribution in [3.63, 3.8) is 0 Å². The molecule has 2 aromatic carbocycles. The van der Waals surface area contributed by atoms with Crippen LogP contribution < -0.4 is 10.9 Å². The average Bonchev–Trinajstić information content (AvgIpc) is 3.42. The maximum Gasteiger partial charge on any atom is 0.267 e.